The lowest BCUT2D eigenvalue weighted by Crippen LogP contribution is -2.10. The SMILES string of the molecule is C=C.CC(C)(C)O.Cc1cc2nc(-c3cccc4nn(C)cc34)sc2c(-c2ccc(Cl)cc2)c1CC(=O)O. The van der Waals surface area contributed by atoms with Gasteiger partial charge < -0.3 is 10.2 Å². The number of carbonyl (C=O) groups is 1. The number of aliphatic carboxylic acids is 1. The molecule has 5 aromatic rings. The van der Waals surface area contributed by atoms with Gasteiger partial charge in [0.2, 0.25) is 0 Å². The number of thiazole rings is 1. The van der Waals surface area contributed by atoms with Crippen LogP contribution in [0.3, 0.4) is 0 Å². The highest BCUT2D eigenvalue weighted by Gasteiger charge is 2.20. The van der Waals surface area contributed by atoms with E-state index >= 15 is 0 Å². The quantitative estimate of drug-likeness (QED) is 0.224. The lowest BCUT2D eigenvalue weighted by molar-refractivity contribution is -0.136. The zero-order valence-electron chi connectivity index (χ0n) is 22.2. The number of nitrogens with zero attached hydrogens (tertiary/aromatic N) is 3. The van der Waals surface area contributed by atoms with Gasteiger partial charge >= 0.3 is 5.97 Å². The predicted molar refractivity (Wildman–Crippen MR) is 159 cm³/mol. The Balaban J connectivity index is 0.000000515. The number of aryl methyl sites for hydroxylation is 2. The van der Waals surface area contributed by atoms with E-state index < -0.39 is 11.6 Å². The first-order valence-electron chi connectivity index (χ1n) is 12.0. The molecule has 0 aliphatic rings. The molecule has 38 heavy (non-hydrogen) atoms. The molecule has 0 unspecified atom stereocenters. The molecule has 0 aliphatic heterocycles. The van der Waals surface area contributed by atoms with Crippen molar-refractivity contribution < 1.29 is 15.0 Å². The smallest absolute Gasteiger partial charge is 0.307 e. The van der Waals surface area contributed by atoms with E-state index in [2.05, 4.69) is 24.3 Å². The first-order valence-corrected chi connectivity index (χ1v) is 13.2. The molecule has 3 aromatic carbocycles. The third-order valence-electron chi connectivity index (χ3n) is 5.37. The Morgan fingerprint density at radius 2 is 1.74 bits per heavy atom. The lowest BCUT2D eigenvalue weighted by Gasteiger charge is -2.13. The topological polar surface area (TPSA) is 88.2 Å². The predicted octanol–water partition coefficient (Wildman–Crippen LogP) is 7.69. The van der Waals surface area contributed by atoms with E-state index in [0.717, 1.165) is 53.9 Å². The molecule has 0 saturated carbocycles. The van der Waals surface area contributed by atoms with Crippen LogP contribution in [-0.2, 0) is 18.3 Å². The van der Waals surface area contributed by atoms with Crippen molar-refractivity contribution in [2.24, 2.45) is 7.05 Å². The third-order valence-corrected chi connectivity index (χ3v) is 6.74. The van der Waals surface area contributed by atoms with Crippen molar-refractivity contribution in [1.82, 2.24) is 14.8 Å². The summed E-state index contributed by atoms with van der Waals surface area (Å²) in [5.41, 5.74) is 5.86. The Hall–Kier alpha value is -3.52. The van der Waals surface area contributed by atoms with E-state index in [-0.39, 0.29) is 6.42 Å². The second-order valence-electron chi connectivity index (χ2n) is 9.70. The normalized spacial score (nSPS) is 11.0. The zero-order chi connectivity index (χ0) is 28.2. The van der Waals surface area contributed by atoms with Crippen LogP contribution in [0.2, 0.25) is 5.02 Å². The molecule has 0 amide bonds. The van der Waals surface area contributed by atoms with Crippen LogP contribution in [0, 0.1) is 6.92 Å². The molecular formula is C30H32ClN3O3S. The number of carboxylic acids is 1. The molecular weight excluding hydrogens is 518 g/mol. The molecule has 0 saturated heterocycles. The number of aromatic nitrogens is 3. The molecule has 2 N–H and O–H groups in total. The van der Waals surface area contributed by atoms with Crippen LogP contribution in [0.15, 0.2) is 67.9 Å². The minimum Gasteiger partial charge on any atom is -0.481 e. The van der Waals surface area contributed by atoms with Gasteiger partial charge in [0, 0.05) is 34.8 Å². The molecule has 6 nitrogen and oxygen atoms in total. The minimum absolute atomic E-state index is 0.0504. The van der Waals surface area contributed by atoms with E-state index in [4.69, 9.17) is 21.7 Å². The van der Waals surface area contributed by atoms with Gasteiger partial charge in [-0.1, -0.05) is 35.9 Å². The van der Waals surface area contributed by atoms with Crippen LogP contribution >= 0.6 is 22.9 Å². The average molecular weight is 550 g/mol. The van der Waals surface area contributed by atoms with Crippen molar-refractivity contribution in [3.63, 3.8) is 0 Å². The van der Waals surface area contributed by atoms with Crippen molar-refractivity contribution >= 4 is 50.0 Å². The summed E-state index contributed by atoms with van der Waals surface area (Å²) in [6, 6.07) is 15.5. The molecule has 0 aliphatic carbocycles. The monoisotopic (exact) mass is 549 g/mol. The maximum Gasteiger partial charge on any atom is 0.307 e. The summed E-state index contributed by atoms with van der Waals surface area (Å²) in [6.45, 7) is 13.2. The van der Waals surface area contributed by atoms with Gasteiger partial charge in [-0.2, -0.15) is 5.10 Å². The fourth-order valence-corrected chi connectivity index (χ4v) is 5.30. The van der Waals surface area contributed by atoms with E-state index in [0.29, 0.717) is 5.02 Å². The van der Waals surface area contributed by atoms with Crippen molar-refractivity contribution in [1.29, 1.82) is 0 Å². The molecule has 198 valence electrons. The van der Waals surface area contributed by atoms with Crippen LogP contribution < -0.4 is 0 Å². The fourth-order valence-electron chi connectivity index (χ4n) is 4.00. The molecule has 0 radical (unpaired) electrons. The van der Waals surface area contributed by atoms with Crippen LogP contribution in [0.5, 0.6) is 0 Å². The summed E-state index contributed by atoms with van der Waals surface area (Å²) in [4.78, 5) is 16.6. The summed E-state index contributed by atoms with van der Waals surface area (Å²) in [7, 11) is 1.91. The highest BCUT2D eigenvalue weighted by Crippen LogP contribution is 2.42. The molecule has 0 spiro atoms. The first-order chi connectivity index (χ1) is 17.9. The van der Waals surface area contributed by atoms with Crippen molar-refractivity contribution in [2.75, 3.05) is 0 Å². The summed E-state index contributed by atoms with van der Waals surface area (Å²) in [5, 5.41) is 25.1. The Bertz CT molecular complexity index is 1570. The Kier molecular flexibility index (Phi) is 9.09. The van der Waals surface area contributed by atoms with Crippen molar-refractivity contribution in [3.8, 4) is 21.7 Å². The molecule has 2 heterocycles. The summed E-state index contributed by atoms with van der Waals surface area (Å²) < 4.78 is 2.77. The van der Waals surface area contributed by atoms with E-state index in [1.165, 1.54) is 0 Å². The molecule has 0 atom stereocenters. The third kappa shape index (κ3) is 6.86. The van der Waals surface area contributed by atoms with E-state index in [1.54, 1.807) is 36.8 Å². The van der Waals surface area contributed by atoms with Gasteiger partial charge in [0.15, 0.2) is 0 Å². The number of hydrogen-bond donors (Lipinski definition) is 2. The maximum absolute atomic E-state index is 11.6. The number of carboxylic acid groups (broad SMARTS) is 1. The minimum atomic E-state index is -0.859. The first kappa shape index (κ1) is 29.0. The summed E-state index contributed by atoms with van der Waals surface area (Å²) >= 11 is 7.68. The molecule has 0 fully saturated rings. The average Bonchev–Trinajstić information content (AvgIpc) is 3.42. The number of hydrogen-bond acceptors (Lipinski definition) is 5. The standard InChI is InChI=1S/C24H18ClN3O2S.C4H10O.C2H4/c1-13-10-20-23(22(17(13)11-21(29)30)14-6-8-15(25)9-7-14)31-24(26-20)16-4-3-5-19-18(16)12-28(2)27-19;1-4(2,3)5;1-2/h3-10,12H,11H2,1-2H3,(H,29,30);5H,1-3H3;1-2H2. The second-order valence-corrected chi connectivity index (χ2v) is 11.1. The lowest BCUT2D eigenvalue weighted by atomic mass is 9.93. The fraction of sp³-hybridized carbons (Fsp3) is 0.233. The van der Waals surface area contributed by atoms with Gasteiger partial charge in [0.25, 0.3) is 0 Å². The Labute approximate surface area is 231 Å². The van der Waals surface area contributed by atoms with Gasteiger partial charge in [-0.3, -0.25) is 9.48 Å². The zero-order valence-corrected chi connectivity index (χ0v) is 23.8. The van der Waals surface area contributed by atoms with Crippen LogP contribution in [0.25, 0.3) is 42.8 Å². The number of halogens is 1. The highest BCUT2D eigenvalue weighted by atomic mass is 35.5. The Morgan fingerprint density at radius 1 is 1.11 bits per heavy atom. The van der Waals surface area contributed by atoms with Gasteiger partial charge in [0.05, 0.1) is 27.8 Å². The summed E-state index contributed by atoms with van der Waals surface area (Å²) in [6.07, 6.45) is 1.95. The molecule has 0 bridgehead atoms. The molecule has 5 rings (SSSR count). The number of fused-ring (bicyclic) bond motifs is 2. The van der Waals surface area contributed by atoms with Gasteiger partial charge in [0.1, 0.15) is 5.01 Å². The van der Waals surface area contributed by atoms with Crippen molar-refractivity contribution in [2.45, 2.75) is 39.7 Å². The molecule has 8 heteroatoms. The Morgan fingerprint density at radius 3 is 2.34 bits per heavy atom. The second kappa shape index (κ2) is 11.9. The van der Waals surface area contributed by atoms with Gasteiger partial charge in [-0.15, -0.1) is 24.5 Å². The van der Waals surface area contributed by atoms with Crippen LogP contribution in [0.4, 0.5) is 0 Å². The van der Waals surface area contributed by atoms with Gasteiger partial charge in [-0.25, -0.2) is 4.98 Å². The highest BCUT2D eigenvalue weighted by molar-refractivity contribution is 7.22. The number of aliphatic hydroxyl groups is 1. The van der Waals surface area contributed by atoms with Gasteiger partial charge in [-0.05, 0) is 68.7 Å². The van der Waals surface area contributed by atoms with Crippen LogP contribution in [0.1, 0.15) is 31.9 Å². The largest absolute Gasteiger partial charge is 0.481 e. The number of benzene rings is 3. The summed E-state index contributed by atoms with van der Waals surface area (Å²) in [5.74, 6) is -0.859. The van der Waals surface area contributed by atoms with E-state index in [9.17, 15) is 9.90 Å². The van der Waals surface area contributed by atoms with Crippen LogP contribution in [-0.4, -0.2) is 36.5 Å². The van der Waals surface area contributed by atoms with Crippen molar-refractivity contribution in [3.05, 3.63) is 84.0 Å². The maximum atomic E-state index is 11.6. The molecule has 2 aromatic heterocycles. The van der Waals surface area contributed by atoms with E-state index in [1.807, 2.05) is 62.6 Å². The number of rotatable bonds is 4.